The van der Waals surface area contributed by atoms with Crippen molar-refractivity contribution in [2.75, 3.05) is 12.5 Å². The van der Waals surface area contributed by atoms with Crippen LogP contribution in [0.1, 0.15) is 30.7 Å². The number of nitrogens with zero attached hydrogens (tertiary/aromatic N) is 3. The molecular formula is C16H18ClN3O. The molecule has 1 unspecified atom stereocenters. The number of para-hydroxylation sites is 1. The number of halogens is 1. The zero-order valence-corrected chi connectivity index (χ0v) is 12.6. The third-order valence-corrected chi connectivity index (χ3v) is 4.15. The van der Waals surface area contributed by atoms with E-state index in [9.17, 15) is 5.26 Å². The number of ether oxygens (including phenoxy) is 1. The topological polar surface area (TPSA) is 50.8 Å². The molecule has 0 aliphatic carbocycles. The Morgan fingerprint density at radius 1 is 1.43 bits per heavy atom. The molecule has 2 heterocycles. The summed E-state index contributed by atoms with van der Waals surface area (Å²) in [5, 5.41) is 9.24. The monoisotopic (exact) mass is 303 g/mol. The van der Waals surface area contributed by atoms with Gasteiger partial charge >= 0.3 is 0 Å². The van der Waals surface area contributed by atoms with Crippen molar-refractivity contribution in [3.8, 4) is 6.07 Å². The Kier molecular flexibility index (Phi) is 4.42. The van der Waals surface area contributed by atoms with Crippen LogP contribution in [0.2, 0.25) is 0 Å². The van der Waals surface area contributed by atoms with E-state index in [1.165, 1.54) is 6.42 Å². The molecule has 0 amide bonds. The first kappa shape index (κ1) is 14.4. The number of fused-ring (bicyclic) bond motifs is 1. The van der Waals surface area contributed by atoms with Crippen molar-refractivity contribution >= 4 is 22.6 Å². The molecule has 5 heteroatoms. The Morgan fingerprint density at radius 3 is 3.05 bits per heavy atom. The highest BCUT2D eigenvalue weighted by Crippen LogP contribution is 2.23. The fourth-order valence-corrected chi connectivity index (χ4v) is 3.09. The first-order chi connectivity index (χ1) is 10.3. The average molecular weight is 304 g/mol. The molecular weight excluding hydrogens is 286 g/mol. The highest BCUT2D eigenvalue weighted by molar-refractivity contribution is 6.17. The predicted octanol–water partition coefficient (Wildman–Crippen LogP) is 3.26. The fraction of sp³-hybridized carbons (Fsp3) is 0.500. The lowest BCUT2D eigenvalue weighted by Gasteiger charge is -2.24. The number of benzene rings is 1. The molecule has 0 radical (unpaired) electrons. The summed E-state index contributed by atoms with van der Waals surface area (Å²) in [7, 11) is 0. The second-order valence-corrected chi connectivity index (χ2v) is 5.73. The lowest BCUT2D eigenvalue weighted by molar-refractivity contribution is 0.00621. The minimum atomic E-state index is 0.232. The Morgan fingerprint density at radius 2 is 2.33 bits per heavy atom. The maximum atomic E-state index is 9.24. The molecule has 2 aromatic rings. The van der Waals surface area contributed by atoms with Gasteiger partial charge in [0, 0.05) is 18.9 Å². The van der Waals surface area contributed by atoms with Crippen LogP contribution >= 0.6 is 11.6 Å². The minimum Gasteiger partial charge on any atom is -0.376 e. The van der Waals surface area contributed by atoms with Crippen LogP contribution in [0.25, 0.3) is 11.0 Å². The van der Waals surface area contributed by atoms with E-state index in [0.717, 1.165) is 42.9 Å². The largest absolute Gasteiger partial charge is 0.376 e. The second-order valence-electron chi connectivity index (χ2n) is 5.35. The number of aromatic nitrogens is 2. The maximum absolute atomic E-state index is 9.24. The van der Waals surface area contributed by atoms with Gasteiger partial charge in [0.1, 0.15) is 17.4 Å². The summed E-state index contributed by atoms with van der Waals surface area (Å²) in [5.74, 6) is 1.47. The van der Waals surface area contributed by atoms with E-state index in [-0.39, 0.29) is 6.10 Å². The van der Waals surface area contributed by atoms with Crippen LogP contribution in [0.5, 0.6) is 0 Å². The van der Waals surface area contributed by atoms with E-state index in [1.807, 2.05) is 12.1 Å². The van der Waals surface area contributed by atoms with E-state index in [0.29, 0.717) is 17.9 Å². The highest BCUT2D eigenvalue weighted by atomic mass is 35.5. The Bertz CT molecular complexity index is 668. The van der Waals surface area contributed by atoms with Gasteiger partial charge in [-0.15, -0.1) is 11.6 Å². The minimum absolute atomic E-state index is 0.232. The SMILES string of the molecule is N#Cc1cccc2c1nc(CCCl)n2CC1CCCCO1. The average Bonchev–Trinajstić information content (AvgIpc) is 2.87. The van der Waals surface area contributed by atoms with Crippen LogP contribution in [0.15, 0.2) is 18.2 Å². The zero-order valence-electron chi connectivity index (χ0n) is 11.9. The maximum Gasteiger partial charge on any atom is 0.111 e. The molecule has 0 saturated carbocycles. The van der Waals surface area contributed by atoms with Crippen molar-refractivity contribution in [3.63, 3.8) is 0 Å². The van der Waals surface area contributed by atoms with E-state index < -0.39 is 0 Å². The summed E-state index contributed by atoms with van der Waals surface area (Å²) in [6.45, 7) is 1.63. The van der Waals surface area contributed by atoms with Crippen LogP contribution in [0.4, 0.5) is 0 Å². The highest BCUT2D eigenvalue weighted by Gasteiger charge is 2.19. The van der Waals surface area contributed by atoms with Crippen molar-refractivity contribution in [3.05, 3.63) is 29.6 Å². The number of aryl methyl sites for hydroxylation is 1. The molecule has 1 aliphatic rings. The quantitative estimate of drug-likeness (QED) is 0.815. The summed E-state index contributed by atoms with van der Waals surface area (Å²) >= 11 is 5.90. The number of nitriles is 1. The van der Waals surface area contributed by atoms with Gasteiger partial charge in [-0.25, -0.2) is 4.98 Å². The summed E-state index contributed by atoms with van der Waals surface area (Å²) in [6, 6.07) is 7.95. The number of imidazole rings is 1. The van der Waals surface area contributed by atoms with Crippen molar-refractivity contribution in [1.82, 2.24) is 9.55 Å². The van der Waals surface area contributed by atoms with Gasteiger partial charge in [0.05, 0.1) is 23.7 Å². The summed E-state index contributed by atoms with van der Waals surface area (Å²) in [5.41, 5.74) is 2.39. The third kappa shape index (κ3) is 2.90. The summed E-state index contributed by atoms with van der Waals surface area (Å²) < 4.78 is 8.02. The van der Waals surface area contributed by atoms with E-state index >= 15 is 0 Å². The van der Waals surface area contributed by atoms with E-state index in [2.05, 4.69) is 15.6 Å². The van der Waals surface area contributed by atoms with Crippen LogP contribution < -0.4 is 0 Å². The summed E-state index contributed by atoms with van der Waals surface area (Å²) in [4.78, 5) is 4.64. The number of hydrogen-bond donors (Lipinski definition) is 0. The Labute approximate surface area is 129 Å². The molecule has 1 aromatic heterocycles. The third-order valence-electron chi connectivity index (χ3n) is 3.96. The molecule has 4 nitrogen and oxygen atoms in total. The van der Waals surface area contributed by atoms with Crippen LogP contribution in [0, 0.1) is 11.3 Å². The van der Waals surface area contributed by atoms with Crippen molar-refractivity contribution in [2.45, 2.75) is 38.3 Å². The van der Waals surface area contributed by atoms with Crippen LogP contribution in [-0.2, 0) is 17.7 Å². The molecule has 0 N–H and O–H groups in total. The van der Waals surface area contributed by atoms with Crippen molar-refractivity contribution < 1.29 is 4.74 Å². The fourth-order valence-electron chi connectivity index (χ4n) is 2.92. The van der Waals surface area contributed by atoms with Crippen molar-refractivity contribution in [2.24, 2.45) is 0 Å². The summed E-state index contributed by atoms with van der Waals surface area (Å²) in [6.07, 6.45) is 4.38. The number of rotatable bonds is 4. The van der Waals surface area contributed by atoms with Gasteiger partial charge < -0.3 is 9.30 Å². The molecule has 1 fully saturated rings. The second kappa shape index (κ2) is 6.46. The van der Waals surface area contributed by atoms with Gasteiger partial charge in [0.15, 0.2) is 0 Å². The van der Waals surface area contributed by atoms with Crippen molar-refractivity contribution in [1.29, 1.82) is 5.26 Å². The molecule has 3 rings (SSSR count). The predicted molar refractivity (Wildman–Crippen MR) is 82.5 cm³/mol. The first-order valence-electron chi connectivity index (χ1n) is 7.39. The van der Waals surface area contributed by atoms with Gasteiger partial charge in [-0.3, -0.25) is 0 Å². The number of alkyl halides is 1. The lowest BCUT2D eigenvalue weighted by atomic mass is 10.1. The molecule has 0 spiro atoms. The molecule has 1 saturated heterocycles. The molecule has 1 aromatic carbocycles. The zero-order chi connectivity index (χ0) is 14.7. The Balaban J connectivity index is 2.01. The van der Waals surface area contributed by atoms with E-state index in [4.69, 9.17) is 16.3 Å². The normalized spacial score (nSPS) is 18.8. The smallest absolute Gasteiger partial charge is 0.111 e. The van der Waals surface area contributed by atoms with Gasteiger partial charge in [-0.1, -0.05) is 6.07 Å². The van der Waals surface area contributed by atoms with Crippen LogP contribution in [0.3, 0.4) is 0 Å². The first-order valence-corrected chi connectivity index (χ1v) is 7.92. The molecule has 1 aliphatic heterocycles. The lowest BCUT2D eigenvalue weighted by Crippen LogP contribution is -2.25. The molecule has 0 bridgehead atoms. The molecule has 1 atom stereocenters. The molecule has 110 valence electrons. The Hall–Kier alpha value is -1.57. The molecule has 21 heavy (non-hydrogen) atoms. The van der Waals surface area contributed by atoms with Gasteiger partial charge in [0.25, 0.3) is 0 Å². The van der Waals surface area contributed by atoms with Gasteiger partial charge in [-0.05, 0) is 31.4 Å². The van der Waals surface area contributed by atoms with Gasteiger partial charge in [-0.2, -0.15) is 5.26 Å². The number of hydrogen-bond acceptors (Lipinski definition) is 3. The van der Waals surface area contributed by atoms with Gasteiger partial charge in [0.2, 0.25) is 0 Å². The van der Waals surface area contributed by atoms with Crippen LogP contribution in [-0.4, -0.2) is 28.1 Å². The standard InChI is InChI=1S/C16H18ClN3O/c17-8-7-15-19-16-12(10-18)4-3-6-14(16)20(15)11-13-5-1-2-9-21-13/h3-4,6,13H,1-2,5,7-9,11H2. The van der Waals surface area contributed by atoms with E-state index in [1.54, 1.807) is 6.07 Å².